The Hall–Kier alpha value is -2.95. The second-order valence-corrected chi connectivity index (χ2v) is 8.87. The van der Waals surface area contributed by atoms with Gasteiger partial charge in [0.05, 0.1) is 20.4 Å². The van der Waals surface area contributed by atoms with Crippen molar-refractivity contribution in [1.82, 2.24) is 0 Å². The summed E-state index contributed by atoms with van der Waals surface area (Å²) >= 11 is 9.32. The number of non-ortho nitro benzene ring substituents is 1. The summed E-state index contributed by atoms with van der Waals surface area (Å²) in [6.45, 7) is 0. The fraction of sp³-hybridized carbons (Fsp3) is 0. The number of hydrogen-bond acceptors (Lipinski definition) is 5. The summed E-state index contributed by atoms with van der Waals surface area (Å²) in [5.41, 5.74) is 0.0626. The number of nitrogens with zero attached hydrogens (tertiary/aromatic N) is 2. The standard InChI is InChI=1S/C19H12BrClN3O5S/c20-12-4-6-13(7-5-12)23-30(28,29)16-8-9-18(21)17(11-16)19(25)22-14-2-1-3-15(10-14)24(26)27/h1-11H,(H,22,25)/q-1. The number of nitro groups is 1. The lowest BCUT2D eigenvalue weighted by molar-refractivity contribution is -0.384. The van der Waals surface area contributed by atoms with E-state index in [1.807, 2.05) is 0 Å². The van der Waals surface area contributed by atoms with Crippen LogP contribution in [0.4, 0.5) is 17.1 Å². The fourth-order valence-corrected chi connectivity index (χ4v) is 3.91. The molecule has 0 aliphatic rings. The maximum absolute atomic E-state index is 12.6. The predicted molar refractivity (Wildman–Crippen MR) is 117 cm³/mol. The number of halogens is 2. The van der Waals surface area contributed by atoms with Gasteiger partial charge in [0.2, 0.25) is 0 Å². The third-order valence-electron chi connectivity index (χ3n) is 3.85. The predicted octanol–water partition coefficient (Wildman–Crippen LogP) is 5.66. The number of carbonyl (C=O) groups is 1. The first-order valence-corrected chi connectivity index (χ1v) is 10.9. The molecule has 0 saturated carbocycles. The average molecular weight is 510 g/mol. The number of nitro benzene ring substituents is 1. The summed E-state index contributed by atoms with van der Waals surface area (Å²) in [6.07, 6.45) is 0. The van der Waals surface area contributed by atoms with Gasteiger partial charge in [0, 0.05) is 22.3 Å². The molecule has 1 N–H and O–H groups in total. The first-order valence-electron chi connectivity index (χ1n) is 8.25. The Balaban J connectivity index is 1.87. The van der Waals surface area contributed by atoms with Gasteiger partial charge >= 0.3 is 0 Å². The zero-order chi connectivity index (χ0) is 21.9. The average Bonchev–Trinajstić information content (AvgIpc) is 2.70. The topological polar surface area (TPSA) is 120 Å². The molecule has 3 aromatic carbocycles. The van der Waals surface area contributed by atoms with Crippen LogP contribution in [0, 0.1) is 10.1 Å². The van der Waals surface area contributed by atoms with Crippen molar-refractivity contribution in [3.63, 3.8) is 0 Å². The molecular weight excluding hydrogens is 498 g/mol. The van der Waals surface area contributed by atoms with E-state index in [0.717, 1.165) is 10.5 Å². The number of benzene rings is 3. The molecule has 0 fully saturated rings. The second kappa shape index (κ2) is 8.82. The highest BCUT2D eigenvalue weighted by Gasteiger charge is 2.16. The van der Waals surface area contributed by atoms with Gasteiger partial charge < -0.3 is 10.0 Å². The van der Waals surface area contributed by atoms with Gasteiger partial charge in [-0.15, -0.1) is 5.69 Å². The van der Waals surface area contributed by atoms with Crippen LogP contribution in [0.5, 0.6) is 0 Å². The zero-order valence-electron chi connectivity index (χ0n) is 15.0. The molecule has 154 valence electrons. The molecule has 0 heterocycles. The van der Waals surface area contributed by atoms with Gasteiger partial charge in [-0.3, -0.25) is 14.9 Å². The van der Waals surface area contributed by atoms with E-state index in [2.05, 4.69) is 26.0 Å². The van der Waals surface area contributed by atoms with Crippen LogP contribution in [-0.4, -0.2) is 19.2 Å². The molecule has 0 aliphatic carbocycles. The van der Waals surface area contributed by atoms with Crippen LogP contribution in [0.2, 0.25) is 5.02 Å². The Morgan fingerprint density at radius 3 is 2.43 bits per heavy atom. The Morgan fingerprint density at radius 2 is 1.77 bits per heavy atom. The van der Waals surface area contributed by atoms with Gasteiger partial charge in [-0.25, -0.2) is 8.42 Å². The summed E-state index contributed by atoms with van der Waals surface area (Å²) in [4.78, 5) is 22.7. The minimum absolute atomic E-state index is 0.0144. The van der Waals surface area contributed by atoms with Crippen molar-refractivity contribution in [2.24, 2.45) is 0 Å². The van der Waals surface area contributed by atoms with Gasteiger partial charge in [-0.1, -0.05) is 45.7 Å². The molecule has 11 heteroatoms. The molecule has 8 nitrogen and oxygen atoms in total. The quantitative estimate of drug-likeness (QED) is 0.340. The molecule has 0 unspecified atom stereocenters. The lowest BCUT2D eigenvalue weighted by Crippen LogP contribution is -2.13. The fourth-order valence-electron chi connectivity index (χ4n) is 2.43. The largest absolute Gasteiger partial charge is 0.573 e. The third-order valence-corrected chi connectivity index (χ3v) is 6.01. The van der Waals surface area contributed by atoms with E-state index in [0.29, 0.717) is 0 Å². The van der Waals surface area contributed by atoms with Crippen molar-refractivity contribution >= 4 is 60.5 Å². The maximum atomic E-state index is 12.6. The minimum atomic E-state index is -4.11. The number of hydrogen-bond donors (Lipinski definition) is 1. The van der Waals surface area contributed by atoms with Crippen LogP contribution in [-0.2, 0) is 10.0 Å². The van der Waals surface area contributed by atoms with E-state index in [1.165, 1.54) is 48.5 Å². The summed E-state index contributed by atoms with van der Waals surface area (Å²) in [6, 6.07) is 15.3. The first kappa shape index (κ1) is 21.8. The van der Waals surface area contributed by atoms with Crippen molar-refractivity contribution in [3.8, 4) is 0 Å². The summed E-state index contributed by atoms with van der Waals surface area (Å²) in [5.74, 6) is -0.721. The second-order valence-electron chi connectivity index (χ2n) is 5.95. The lowest BCUT2D eigenvalue weighted by atomic mass is 10.2. The van der Waals surface area contributed by atoms with Crippen molar-refractivity contribution in [2.45, 2.75) is 4.90 Å². The molecule has 0 aliphatic heterocycles. The van der Waals surface area contributed by atoms with Crippen molar-refractivity contribution < 1.29 is 18.1 Å². The number of sulfonamides is 1. The highest BCUT2D eigenvalue weighted by atomic mass is 79.9. The smallest absolute Gasteiger partial charge is 0.271 e. The van der Waals surface area contributed by atoms with E-state index in [4.69, 9.17) is 11.6 Å². The van der Waals surface area contributed by atoms with Crippen molar-refractivity contribution in [1.29, 1.82) is 0 Å². The van der Waals surface area contributed by atoms with Gasteiger partial charge in [-0.2, -0.15) is 0 Å². The summed E-state index contributed by atoms with van der Waals surface area (Å²) in [7, 11) is -4.11. The van der Waals surface area contributed by atoms with Crippen LogP contribution in [0.25, 0.3) is 4.72 Å². The Labute approximate surface area is 185 Å². The number of nitrogens with one attached hydrogen (secondary N) is 1. The van der Waals surface area contributed by atoms with Gasteiger partial charge in [0.15, 0.2) is 0 Å². The van der Waals surface area contributed by atoms with Crippen LogP contribution in [0.15, 0.2) is 76.1 Å². The highest BCUT2D eigenvalue weighted by Crippen LogP contribution is 2.31. The first-order chi connectivity index (χ1) is 14.2. The van der Waals surface area contributed by atoms with Crippen molar-refractivity contribution in [2.75, 3.05) is 5.32 Å². The molecule has 0 bridgehead atoms. The Kier molecular flexibility index (Phi) is 6.40. The normalized spacial score (nSPS) is 11.0. The Morgan fingerprint density at radius 1 is 1.07 bits per heavy atom. The van der Waals surface area contributed by atoms with Crippen LogP contribution in [0.1, 0.15) is 10.4 Å². The number of rotatable bonds is 6. The molecule has 1 amide bonds. The molecule has 0 saturated heterocycles. The Bertz CT molecular complexity index is 1230. The monoisotopic (exact) mass is 508 g/mol. The van der Waals surface area contributed by atoms with Crippen LogP contribution >= 0.6 is 27.5 Å². The van der Waals surface area contributed by atoms with E-state index in [9.17, 15) is 23.3 Å². The van der Waals surface area contributed by atoms with E-state index < -0.39 is 20.9 Å². The summed E-state index contributed by atoms with van der Waals surface area (Å²) in [5, 5.41) is 13.4. The van der Waals surface area contributed by atoms with Gasteiger partial charge in [0.25, 0.3) is 11.6 Å². The molecular formula is C19H12BrClN3O5S-. The van der Waals surface area contributed by atoms with Crippen LogP contribution in [0.3, 0.4) is 0 Å². The van der Waals surface area contributed by atoms with Crippen molar-refractivity contribution in [3.05, 3.63) is 96.6 Å². The maximum Gasteiger partial charge on any atom is 0.271 e. The number of amides is 1. The number of anilines is 1. The van der Waals surface area contributed by atoms with E-state index in [-0.39, 0.29) is 32.5 Å². The molecule has 0 radical (unpaired) electrons. The molecule has 0 spiro atoms. The highest BCUT2D eigenvalue weighted by molar-refractivity contribution is 9.10. The van der Waals surface area contributed by atoms with Gasteiger partial charge in [0.1, 0.15) is 10.0 Å². The molecule has 3 rings (SSSR count). The van der Waals surface area contributed by atoms with Crippen LogP contribution < -0.4 is 5.32 Å². The third kappa shape index (κ3) is 5.15. The number of carbonyl (C=O) groups excluding carboxylic acids is 1. The SMILES string of the molecule is O=C(Nc1cccc([N+](=O)[O-])c1)c1cc(S(=O)(=O)[N-]c2ccc(Br)cc2)ccc1Cl. The zero-order valence-corrected chi connectivity index (χ0v) is 18.1. The lowest BCUT2D eigenvalue weighted by Gasteiger charge is -2.22. The molecule has 0 aromatic heterocycles. The minimum Gasteiger partial charge on any atom is -0.573 e. The molecule has 0 atom stereocenters. The molecule has 30 heavy (non-hydrogen) atoms. The molecule has 3 aromatic rings. The summed E-state index contributed by atoms with van der Waals surface area (Å²) < 4.78 is 29.8. The van der Waals surface area contributed by atoms with E-state index >= 15 is 0 Å². The van der Waals surface area contributed by atoms with E-state index in [1.54, 1.807) is 12.1 Å². The van der Waals surface area contributed by atoms with Gasteiger partial charge in [-0.05, 0) is 36.4 Å².